The van der Waals surface area contributed by atoms with Gasteiger partial charge in [0, 0.05) is 17.3 Å². The number of nitriles is 1. The van der Waals surface area contributed by atoms with Crippen LogP contribution in [0.4, 0.5) is 5.69 Å². The second-order valence-corrected chi connectivity index (χ2v) is 5.93. The first-order chi connectivity index (χ1) is 13.1. The number of anilines is 1. The van der Waals surface area contributed by atoms with E-state index >= 15 is 0 Å². The van der Waals surface area contributed by atoms with Gasteiger partial charge in [0.15, 0.2) is 0 Å². The van der Waals surface area contributed by atoms with Crippen LogP contribution in [-0.2, 0) is 11.2 Å². The fraction of sp³-hybridized carbons (Fsp3) is 0.273. The second-order valence-electron chi connectivity index (χ2n) is 5.93. The number of amides is 1. The Balaban J connectivity index is 2.25. The molecule has 0 spiro atoms. The van der Waals surface area contributed by atoms with Crippen molar-refractivity contribution >= 4 is 17.7 Å². The Labute approximate surface area is 160 Å². The molecule has 0 aliphatic heterocycles. The second kappa shape index (κ2) is 10.0. The predicted octanol–water partition coefficient (Wildman–Crippen LogP) is 4.59. The predicted molar refractivity (Wildman–Crippen MR) is 107 cm³/mol. The number of hydrogen-bond donors (Lipinski definition) is 1. The number of hydrogen-bond acceptors (Lipinski definition) is 4. The van der Waals surface area contributed by atoms with E-state index in [0.717, 1.165) is 12.8 Å². The molecule has 5 nitrogen and oxygen atoms in total. The van der Waals surface area contributed by atoms with E-state index in [1.807, 2.05) is 37.3 Å². The van der Waals surface area contributed by atoms with Gasteiger partial charge in [-0.1, -0.05) is 26.0 Å². The summed E-state index contributed by atoms with van der Waals surface area (Å²) in [6, 6.07) is 14.8. The first-order valence-electron chi connectivity index (χ1n) is 8.94. The molecule has 0 aliphatic carbocycles. The van der Waals surface area contributed by atoms with Gasteiger partial charge in [0.25, 0.3) is 5.91 Å². The van der Waals surface area contributed by atoms with Crippen LogP contribution < -0.4 is 14.8 Å². The average Bonchev–Trinajstić information content (AvgIpc) is 2.71. The highest BCUT2D eigenvalue weighted by Crippen LogP contribution is 2.27. The summed E-state index contributed by atoms with van der Waals surface area (Å²) in [5.74, 6) is 0.764. The zero-order valence-electron chi connectivity index (χ0n) is 15.9. The van der Waals surface area contributed by atoms with Gasteiger partial charge in [0.05, 0.1) is 13.7 Å². The van der Waals surface area contributed by atoms with E-state index in [9.17, 15) is 10.1 Å². The molecular weight excluding hydrogens is 340 g/mol. The SMILES string of the molecule is CCCOc1cc(OC)ccc1/C=C(\C#N)C(=O)Nc1ccc(CC)cc1. The zero-order valence-corrected chi connectivity index (χ0v) is 15.9. The van der Waals surface area contributed by atoms with Crippen LogP contribution in [0.2, 0.25) is 0 Å². The van der Waals surface area contributed by atoms with E-state index in [4.69, 9.17) is 9.47 Å². The molecule has 2 aromatic rings. The highest BCUT2D eigenvalue weighted by Gasteiger charge is 2.12. The summed E-state index contributed by atoms with van der Waals surface area (Å²) in [4.78, 5) is 12.5. The zero-order chi connectivity index (χ0) is 19.6. The minimum absolute atomic E-state index is 0.00100. The molecule has 140 valence electrons. The molecule has 5 heteroatoms. The van der Waals surface area contributed by atoms with Gasteiger partial charge in [0.2, 0.25) is 0 Å². The molecule has 0 saturated heterocycles. The van der Waals surface area contributed by atoms with Gasteiger partial charge in [-0.05, 0) is 48.7 Å². The molecule has 1 N–H and O–H groups in total. The number of carbonyl (C=O) groups excluding carboxylic acids is 1. The van der Waals surface area contributed by atoms with Gasteiger partial charge < -0.3 is 14.8 Å². The molecule has 0 atom stereocenters. The van der Waals surface area contributed by atoms with Gasteiger partial charge in [0.1, 0.15) is 23.1 Å². The van der Waals surface area contributed by atoms with Crippen LogP contribution in [-0.4, -0.2) is 19.6 Å². The van der Waals surface area contributed by atoms with E-state index in [1.54, 1.807) is 25.3 Å². The van der Waals surface area contributed by atoms with Crippen LogP contribution in [0.3, 0.4) is 0 Å². The van der Waals surface area contributed by atoms with Gasteiger partial charge in [-0.2, -0.15) is 5.26 Å². The van der Waals surface area contributed by atoms with E-state index < -0.39 is 5.91 Å². The maximum atomic E-state index is 12.5. The van der Waals surface area contributed by atoms with Gasteiger partial charge in [-0.15, -0.1) is 0 Å². The first-order valence-corrected chi connectivity index (χ1v) is 8.94. The normalized spacial score (nSPS) is 10.8. The molecule has 2 rings (SSSR count). The molecule has 0 unspecified atom stereocenters. The number of aryl methyl sites for hydroxylation is 1. The summed E-state index contributed by atoms with van der Waals surface area (Å²) in [6.45, 7) is 4.61. The summed E-state index contributed by atoms with van der Waals surface area (Å²) in [7, 11) is 1.58. The fourth-order valence-electron chi connectivity index (χ4n) is 2.42. The molecule has 0 heterocycles. The number of carbonyl (C=O) groups is 1. The van der Waals surface area contributed by atoms with Crippen LogP contribution >= 0.6 is 0 Å². The van der Waals surface area contributed by atoms with Crippen molar-refractivity contribution in [2.45, 2.75) is 26.7 Å². The summed E-state index contributed by atoms with van der Waals surface area (Å²) in [5.41, 5.74) is 2.48. The van der Waals surface area contributed by atoms with Crippen LogP contribution in [0.1, 0.15) is 31.4 Å². The van der Waals surface area contributed by atoms with Gasteiger partial charge in [-0.25, -0.2) is 0 Å². The summed E-state index contributed by atoms with van der Waals surface area (Å²) >= 11 is 0. The smallest absolute Gasteiger partial charge is 0.266 e. The lowest BCUT2D eigenvalue weighted by molar-refractivity contribution is -0.112. The van der Waals surface area contributed by atoms with Crippen molar-refractivity contribution in [1.29, 1.82) is 5.26 Å². The average molecular weight is 364 g/mol. The minimum atomic E-state index is -0.459. The Morgan fingerprint density at radius 2 is 1.93 bits per heavy atom. The molecule has 0 bridgehead atoms. The van der Waals surface area contributed by atoms with Crippen molar-refractivity contribution in [2.24, 2.45) is 0 Å². The summed E-state index contributed by atoms with van der Waals surface area (Å²) < 4.78 is 11.0. The Kier molecular flexibility index (Phi) is 7.45. The maximum absolute atomic E-state index is 12.5. The molecule has 1 amide bonds. The van der Waals surface area contributed by atoms with E-state index in [0.29, 0.717) is 29.4 Å². The van der Waals surface area contributed by atoms with Crippen molar-refractivity contribution in [3.63, 3.8) is 0 Å². The Morgan fingerprint density at radius 1 is 1.19 bits per heavy atom. The van der Waals surface area contributed by atoms with Gasteiger partial charge >= 0.3 is 0 Å². The number of nitrogens with one attached hydrogen (secondary N) is 1. The molecular formula is C22H24N2O3. The van der Waals surface area contributed by atoms with Crippen molar-refractivity contribution in [1.82, 2.24) is 0 Å². The van der Waals surface area contributed by atoms with Crippen LogP contribution in [0.15, 0.2) is 48.0 Å². The molecule has 0 fully saturated rings. The van der Waals surface area contributed by atoms with Crippen molar-refractivity contribution < 1.29 is 14.3 Å². The molecule has 0 saturated carbocycles. The van der Waals surface area contributed by atoms with Crippen LogP contribution in [0.25, 0.3) is 6.08 Å². The molecule has 0 aliphatic rings. The van der Waals surface area contributed by atoms with E-state index in [-0.39, 0.29) is 5.57 Å². The molecule has 2 aromatic carbocycles. The van der Waals surface area contributed by atoms with Crippen molar-refractivity contribution in [3.05, 3.63) is 59.2 Å². The van der Waals surface area contributed by atoms with Crippen LogP contribution in [0.5, 0.6) is 11.5 Å². The lowest BCUT2D eigenvalue weighted by atomic mass is 10.1. The highest BCUT2D eigenvalue weighted by molar-refractivity contribution is 6.09. The van der Waals surface area contributed by atoms with E-state index in [1.165, 1.54) is 11.6 Å². The molecule has 0 aromatic heterocycles. The standard InChI is InChI=1S/C22H24N2O3/c1-4-12-27-21-14-20(26-3)11-8-17(21)13-18(15-23)22(25)24-19-9-6-16(5-2)7-10-19/h6-11,13-14H,4-5,12H2,1-3H3,(H,24,25)/b18-13+. The van der Waals surface area contributed by atoms with E-state index in [2.05, 4.69) is 12.2 Å². The summed E-state index contributed by atoms with van der Waals surface area (Å²) in [6.07, 6.45) is 3.30. The Bertz CT molecular complexity index is 849. The summed E-state index contributed by atoms with van der Waals surface area (Å²) in [5, 5.41) is 12.2. The fourth-order valence-corrected chi connectivity index (χ4v) is 2.42. The number of rotatable bonds is 8. The largest absolute Gasteiger partial charge is 0.497 e. The molecule has 0 radical (unpaired) electrons. The number of ether oxygens (including phenoxy) is 2. The first kappa shape index (κ1) is 20.1. The minimum Gasteiger partial charge on any atom is -0.497 e. The topological polar surface area (TPSA) is 71.3 Å². The molecule has 27 heavy (non-hydrogen) atoms. The van der Waals surface area contributed by atoms with Crippen LogP contribution in [0, 0.1) is 11.3 Å². The Hall–Kier alpha value is -3.26. The third-order valence-electron chi connectivity index (χ3n) is 3.97. The Morgan fingerprint density at radius 3 is 2.52 bits per heavy atom. The third kappa shape index (κ3) is 5.61. The number of methoxy groups -OCH3 is 1. The third-order valence-corrected chi connectivity index (χ3v) is 3.97. The number of nitrogens with zero attached hydrogens (tertiary/aromatic N) is 1. The maximum Gasteiger partial charge on any atom is 0.266 e. The lowest BCUT2D eigenvalue weighted by Crippen LogP contribution is -2.13. The monoisotopic (exact) mass is 364 g/mol. The lowest BCUT2D eigenvalue weighted by Gasteiger charge is -2.11. The quantitative estimate of drug-likeness (QED) is 0.549. The number of benzene rings is 2. The van der Waals surface area contributed by atoms with Crippen molar-refractivity contribution in [2.75, 3.05) is 19.0 Å². The van der Waals surface area contributed by atoms with Crippen molar-refractivity contribution in [3.8, 4) is 17.6 Å². The van der Waals surface area contributed by atoms with Gasteiger partial charge in [-0.3, -0.25) is 4.79 Å². The highest BCUT2D eigenvalue weighted by atomic mass is 16.5.